The number of benzene rings is 4. The molecular formula is C28H18Br4N4NiO6. The fraction of sp³-hybridized carbons (Fsp3) is 0. The third-order valence-electron chi connectivity index (χ3n) is 5.11. The molecule has 0 saturated carbocycles. The zero-order chi connectivity index (χ0) is 30.8. The van der Waals surface area contributed by atoms with E-state index in [-0.39, 0.29) is 50.6 Å². The average Bonchev–Trinajstić information content (AvgIpc) is 2.94. The van der Waals surface area contributed by atoms with Crippen LogP contribution in [0.5, 0.6) is 23.0 Å². The van der Waals surface area contributed by atoms with Crippen molar-refractivity contribution in [2.75, 3.05) is 0 Å². The number of amides is 2. The Labute approximate surface area is 289 Å². The number of aromatic hydroxyl groups is 2. The van der Waals surface area contributed by atoms with Crippen molar-refractivity contribution in [1.82, 2.24) is 10.9 Å². The monoisotopic (exact) mass is 880 g/mol. The van der Waals surface area contributed by atoms with Crippen LogP contribution < -0.4 is 21.1 Å². The van der Waals surface area contributed by atoms with Gasteiger partial charge in [-0.05, 0) is 59.7 Å². The summed E-state index contributed by atoms with van der Waals surface area (Å²) in [7, 11) is 0. The van der Waals surface area contributed by atoms with Crippen LogP contribution in [0.15, 0.2) is 101 Å². The van der Waals surface area contributed by atoms with Gasteiger partial charge in [-0.2, -0.15) is 10.2 Å². The number of hydrazone groups is 2. The average molecular weight is 885 g/mol. The van der Waals surface area contributed by atoms with Gasteiger partial charge in [0.1, 0.15) is 11.5 Å². The van der Waals surface area contributed by atoms with E-state index < -0.39 is 11.8 Å². The Hall–Kier alpha value is -3.23. The van der Waals surface area contributed by atoms with Gasteiger partial charge in [-0.3, -0.25) is 9.59 Å². The summed E-state index contributed by atoms with van der Waals surface area (Å²) in [5.41, 5.74) is 5.35. The SMILES string of the molecule is O=C(N/N=C\c1cc(Br)cc(Br)c1[O-])c1ccccc1O.O=C(N/N=C\c1cc(Br)cc(Br)c1[O-])c1ccccc1O.[Ni+2]. The molecule has 4 N–H and O–H groups in total. The Morgan fingerprint density at radius 2 is 1.00 bits per heavy atom. The van der Waals surface area contributed by atoms with E-state index in [1.165, 1.54) is 36.7 Å². The summed E-state index contributed by atoms with van der Waals surface area (Å²) in [5.74, 6) is -1.88. The molecule has 0 fully saturated rings. The zero-order valence-corrected chi connectivity index (χ0v) is 28.7. The first kappa shape index (κ1) is 36.0. The Morgan fingerprint density at radius 1 is 0.651 bits per heavy atom. The fourth-order valence-electron chi connectivity index (χ4n) is 3.12. The second-order valence-corrected chi connectivity index (χ2v) is 11.6. The zero-order valence-electron chi connectivity index (χ0n) is 21.3. The van der Waals surface area contributed by atoms with E-state index >= 15 is 0 Å². The summed E-state index contributed by atoms with van der Waals surface area (Å²) in [6, 6.07) is 18.6. The molecule has 10 nitrogen and oxygen atoms in total. The summed E-state index contributed by atoms with van der Waals surface area (Å²) in [5, 5.41) is 50.1. The molecule has 0 bridgehead atoms. The molecule has 0 heterocycles. The summed E-state index contributed by atoms with van der Waals surface area (Å²) in [4.78, 5) is 23.6. The number of hydrogen-bond acceptors (Lipinski definition) is 8. The van der Waals surface area contributed by atoms with Gasteiger partial charge in [0.15, 0.2) is 0 Å². The summed E-state index contributed by atoms with van der Waals surface area (Å²) in [6.07, 6.45) is 2.49. The van der Waals surface area contributed by atoms with Crippen LogP contribution >= 0.6 is 63.7 Å². The van der Waals surface area contributed by atoms with Crippen molar-refractivity contribution in [3.05, 3.63) is 113 Å². The molecule has 4 aromatic rings. The van der Waals surface area contributed by atoms with E-state index in [9.17, 15) is 30.0 Å². The molecule has 2 amide bonds. The van der Waals surface area contributed by atoms with Gasteiger partial charge in [0.05, 0.1) is 23.6 Å². The van der Waals surface area contributed by atoms with Crippen molar-refractivity contribution in [2.24, 2.45) is 10.2 Å². The Morgan fingerprint density at radius 3 is 1.35 bits per heavy atom. The van der Waals surface area contributed by atoms with Crippen molar-refractivity contribution >= 4 is 88.0 Å². The molecule has 0 aromatic heterocycles. The van der Waals surface area contributed by atoms with E-state index in [0.717, 1.165) is 0 Å². The van der Waals surface area contributed by atoms with Gasteiger partial charge in [0.2, 0.25) is 0 Å². The van der Waals surface area contributed by atoms with Crippen LogP contribution in [0.2, 0.25) is 0 Å². The number of para-hydroxylation sites is 2. The van der Waals surface area contributed by atoms with Crippen molar-refractivity contribution in [1.29, 1.82) is 0 Å². The minimum absolute atomic E-state index is 0. The van der Waals surface area contributed by atoms with Gasteiger partial charge in [-0.15, -0.1) is 0 Å². The van der Waals surface area contributed by atoms with Crippen LogP contribution in [0.25, 0.3) is 0 Å². The number of hydrogen-bond donors (Lipinski definition) is 4. The Bertz CT molecular complexity index is 1560. The molecule has 0 aliphatic rings. The minimum atomic E-state index is -0.564. The normalized spacial score (nSPS) is 10.5. The first-order chi connectivity index (χ1) is 20.0. The van der Waals surface area contributed by atoms with Crippen LogP contribution in [0, 0.1) is 0 Å². The van der Waals surface area contributed by atoms with Gasteiger partial charge in [-0.1, -0.05) is 99.5 Å². The third-order valence-corrected chi connectivity index (χ3v) is 7.20. The Balaban J connectivity index is 0.000000293. The summed E-state index contributed by atoms with van der Waals surface area (Å²) >= 11 is 12.8. The maximum Gasteiger partial charge on any atom is 2.00 e. The van der Waals surface area contributed by atoms with Gasteiger partial charge in [0.25, 0.3) is 11.8 Å². The maximum atomic E-state index is 11.8. The van der Waals surface area contributed by atoms with E-state index in [2.05, 4.69) is 84.8 Å². The second-order valence-electron chi connectivity index (χ2n) is 8.04. The predicted molar refractivity (Wildman–Crippen MR) is 169 cm³/mol. The van der Waals surface area contributed by atoms with Gasteiger partial charge in [0, 0.05) is 17.9 Å². The molecule has 0 atom stereocenters. The molecule has 0 radical (unpaired) electrons. The molecule has 0 spiro atoms. The van der Waals surface area contributed by atoms with Crippen LogP contribution in [0.4, 0.5) is 0 Å². The van der Waals surface area contributed by atoms with Gasteiger partial charge in [-0.25, -0.2) is 10.9 Å². The summed E-state index contributed by atoms with van der Waals surface area (Å²) < 4.78 is 2.21. The van der Waals surface area contributed by atoms with Crippen molar-refractivity contribution in [2.45, 2.75) is 0 Å². The molecule has 43 heavy (non-hydrogen) atoms. The summed E-state index contributed by atoms with van der Waals surface area (Å²) in [6.45, 7) is 0. The molecule has 4 aromatic carbocycles. The van der Waals surface area contributed by atoms with Crippen molar-refractivity contribution in [3.63, 3.8) is 0 Å². The van der Waals surface area contributed by atoms with Crippen molar-refractivity contribution < 1.29 is 46.5 Å². The largest absolute Gasteiger partial charge is 2.00 e. The smallest absolute Gasteiger partial charge is 0.871 e. The third kappa shape index (κ3) is 10.5. The van der Waals surface area contributed by atoms with Crippen LogP contribution in [0.3, 0.4) is 0 Å². The molecule has 0 aliphatic carbocycles. The number of rotatable bonds is 6. The van der Waals surface area contributed by atoms with Crippen molar-refractivity contribution in [3.8, 4) is 23.0 Å². The molecular weight excluding hydrogens is 867 g/mol. The molecule has 15 heteroatoms. The van der Waals surface area contributed by atoms with E-state index in [1.807, 2.05) is 0 Å². The van der Waals surface area contributed by atoms with Crippen LogP contribution in [-0.2, 0) is 16.5 Å². The molecule has 0 saturated heterocycles. The number of phenolic OH excluding ortho intramolecular Hbond substituents is 2. The number of carbonyl (C=O) groups is 2. The van der Waals surface area contributed by atoms with E-state index in [0.29, 0.717) is 29.0 Å². The number of nitrogens with one attached hydrogen (secondary N) is 2. The van der Waals surface area contributed by atoms with E-state index in [4.69, 9.17) is 0 Å². The van der Waals surface area contributed by atoms with Gasteiger partial charge >= 0.3 is 16.5 Å². The van der Waals surface area contributed by atoms with Crippen LogP contribution in [-0.4, -0.2) is 34.5 Å². The Kier molecular flexibility index (Phi) is 14.4. The predicted octanol–water partition coefficient (Wildman–Crippen LogP) is 5.51. The number of carbonyl (C=O) groups excluding carboxylic acids is 2. The molecule has 0 aliphatic heterocycles. The van der Waals surface area contributed by atoms with Gasteiger partial charge < -0.3 is 20.4 Å². The maximum absolute atomic E-state index is 11.8. The quantitative estimate of drug-likeness (QED) is 0.113. The molecule has 224 valence electrons. The molecule has 4 rings (SSSR count). The topological polar surface area (TPSA) is 169 Å². The molecule has 0 unspecified atom stereocenters. The van der Waals surface area contributed by atoms with Crippen LogP contribution in [0.1, 0.15) is 31.8 Å². The second kappa shape index (κ2) is 17.2. The fourth-order valence-corrected chi connectivity index (χ4v) is 5.64. The minimum Gasteiger partial charge on any atom is -0.871 e. The van der Waals surface area contributed by atoms with E-state index in [1.54, 1.807) is 48.5 Å². The number of nitrogens with zero attached hydrogens (tertiary/aromatic N) is 2. The number of phenols is 2. The first-order valence-electron chi connectivity index (χ1n) is 11.5. The number of halogens is 4. The standard InChI is InChI=1S/2C14H10Br2N2O3.Ni/c2*15-9-5-8(13(20)11(16)6-9)7-17-18-14(21)10-3-1-2-4-12(10)19;/h2*1-7,19-20H,(H,18,21);/q;;+2/p-2/b2*17-7-;. The first-order valence-corrected chi connectivity index (χ1v) is 14.7.